The molecule has 0 unspecified atom stereocenters. The van der Waals surface area contributed by atoms with Gasteiger partial charge in [-0.1, -0.05) is 11.6 Å². The molecule has 0 atom stereocenters. The predicted molar refractivity (Wildman–Crippen MR) is 47.7 cm³/mol. The van der Waals surface area contributed by atoms with Crippen molar-refractivity contribution in [3.63, 3.8) is 0 Å². The molecule has 0 N–H and O–H groups in total. The van der Waals surface area contributed by atoms with Crippen LogP contribution in [0.5, 0.6) is 0 Å². The first-order valence-electron chi connectivity index (χ1n) is 3.33. The quantitative estimate of drug-likeness (QED) is 0.671. The molecule has 0 aromatic carbocycles. The van der Waals surface area contributed by atoms with Gasteiger partial charge in [-0.3, -0.25) is 0 Å². The maximum Gasteiger partial charge on any atom is 0.242 e. The Bertz CT molecular complexity index is 511. The van der Waals surface area contributed by atoms with Crippen LogP contribution in [0, 0.1) is 11.3 Å². The Labute approximate surface area is 83.3 Å². The molecule has 0 fully saturated rings. The Kier molecular flexibility index (Phi) is 1.83. The van der Waals surface area contributed by atoms with Crippen LogP contribution in [-0.4, -0.2) is 14.6 Å². The van der Waals surface area contributed by atoms with Crippen LogP contribution in [0.4, 0.5) is 0 Å². The van der Waals surface area contributed by atoms with Gasteiger partial charge in [0.15, 0.2) is 5.15 Å². The van der Waals surface area contributed by atoms with E-state index in [1.54, 1.807) is 12.1 Å². The Morgan fingerprint density at radius 3 is 2.85 bits per heavy atom. The van der Waals surface area contributed by atoms with Crippen molar-refractivity contribution in [2.24, 2.45) is 0 Å². The minimum absolute atomic E-state index is 0.0187. The van der Waals surface area contributed by atoms with Crippen molar-refractivity contribution in [1.82, 2.24) is 14.6 Å². The number of rotatable bonds is 0. The molecule has 6 heteroatoms. The minimum atomic E-state index is 0.0187. The molecule has 13 heavy (non-hydrogen) atoms. The lowest BCUT2D eigenvalue weighted by Crippen LogP contribution is -1.97. The molecule has 0 bridgehead atoms. The van der Waals surface area contributed by atoms with Gasteiger partial charge < -0.3 is 0 Å². The van der Waals surface area contributed by atoms with Gasteiger partial charge in [-0.05, 0) is 23.7 Å². The van der Waals surface area contributed by atoms with Gasteiger partial charge in [-0.15, -0.1) is 5.10 Å². The molecular formula is C7H2Cl2N4. The maximum absolute atomic E-state index is 8.69. The summed E-state index contributed by atoms with van der Waals surface area (Å²) in [7, 11) is 0. The summed E-state index contributed by atoms with van der Waals surface area (Å²) in [5, 5.41) is 12.8. The van der Waals surface area contributed by atoms with E-state index in [0.29, 0.717) is 11.2 Å². The zero-order valence-corrected chi connectivity index (χ0v) is 7.71. The number of nitriles is 1. The largest absolute Gasteiger partial charge is 0.242 e. The zero-order valence-electron chi connectivity index (χ0n) is 6.20. The van der Waals surface area contributed by atoms with Crippen LogP contribution >= 0.6 is 23.2 Å². The summed E-state index contributed by atoms with van der Waals surface area (Å²) in [6.45, 7) is 0. The second kappa shape index (κ2) is 2.87. The summed E-state index contributed by atoms with van der Waals surface area (Å²) in [6.07, 6.45) is 0. The molecule has 2 rings (SSSR count). The molecule has 0 radical (unpaired) electrons. The third kappa shape index (κ3) is 1.22. The first kappa shape index (κ1) is 8.30. The molecule has 0 aliphatic carbocycles. The average Bonchev–Trinajstić information content (AvgIpc) is 2.47. The summed E-state index contributed by atoms with van der Waals surface area (Å²) >= 11 is 11.3. The number of aromatic nitrogens is 3. The first-order chi connectivity index (χ1) is 6.22. The van der Waals surface area contributed by atoms with Gasteiger partial charge in [0.2, 0.25) is 5.28 Å². The van der Waals surface area contributed by atoms with E-state index in [1.807, 2.05) is 6.07 Å². The Balaban J connectivity index is 2.92. The lowest BCUT2D eigenvalue weighted by Gasteiger charge is -1.96. The average molecular weight is 213 g/mol. The summed E-state index contributed by atoms with van der Waals surface area (Å²) < 4.78 is 1.36. The second-order valence-electron chi connectivity index (χ2n) is 2.30. The van der Waals surface area contributed by atoms with E-state index in [0.717, 1.165) is 0 Å². The van der Waals surface area contributed by atoms with E-state index >= 15 is 0 Å². The van der Waals surface area contributed by atoms with E-state index < -0.39 is 0 Å². The fourth-order valence-electron chi connectivity index (χ4n) is 1.02. The van der Waals surface area contributed by atoms with Crippen LogP contribution in [0.25, 0.3) is 5.52 Å². The van der Waals surface area contributed by atoms with Gasteiger partial charge >= 0.3 is 0 Å². The van der Waals surface area contributed by atoms with Crippen molar-refractivity contribution in [3.05, 3.63) is 28.3 Å². The van der Waals surface area contributed by atoms with Gasteiger partial charge in [0.25, 0.3) is 0 Å². The SMILES string of the molecule is N#Cc1ccc2c(Cl)nc(Cl)nn12. The van der Waals surface area contributed by atoms with Crippen molar-refractivity contribution in [1.29, 1.82) is 5.26 Å². The number of halogens is 2. The van der Waals surface area contributed by atoms with Crippen LogP contribution < -0.4 is 0 Å². The third-order valence-corrected chi connectivity index (χ3v) is 1.99. The molecule has 2 heterocycles. The fourth-order valence-corrected chi connectivity index (χ4v) is 1.45. The highest BCUT2D eigenvalue weighted by Gasteiger charge is 2.07. The summed E-state index contributed by atoms with van der Waals surface area (Å²) in [4.78, 5) is 3.74. The Morgan fingerprint density at radius 2 is 2.15 bits per heavy atom. The van der Waals surface area contributed by atoms with E-state index in [-0.39, 0.29) is 10.4 Å². The van der Waals surface area contributed by atoms with Gasteiger partial charge in [-0.2, -0.15) is 5.26 Å². The lowest BCUT2D eigenvalue weighted by molar-refractivity contribution is 0.891. The van der Waals surface area contributed by atoms with Crippen molar-refractivity contribution in [2.75, 3.05) is 0 Å². The minimum Gasteiger partial charge on any atom is -0.217 e. The molecule has 4 nitrogen and oxygen atoms in total. The Morgan fingerprint density at radius 1 is 1.38 bits per heavy atom. The molecule has 0 saturated heterocycles. The normalized spacial score (nSPS) is 10.2. The van der Waals surface area contributed by atoms with E-state index in [4.69, 9.17) is 28.5 Å². The number of hydrogen-bond acceptors (Lipinski definition) is 3. The topological polar surface area (TPSA) is 54.0 Å². The fraction of sp³-hybridized carbons (Fsp3) is 0. The standard InChI is InChI=1S/C7H2Cl2N4/c8-6-5-2-1-4(3-10)13(5)12-7(9)11-6/h1-2H. The molecule has 0 aliphatic rings. The molecule has 0 saturated carbocycles. The number of hydrogen-bond donors (Lipinski definition) is 0. The van der Waals surface area contributed by atoms with E-state index in [2.05, 4.69) is 10.1 Å². The predicted octanol–water partition coefficient (Wildman–Crippen LogP) is 1.91. The molecule has 64 valence electrons. The number of fused-ring (bicyclic) bond motifs is 1. The van der Waals surface area contributed by atoms with Gasteiger partial charge in [0.05, 0.1) is 0 Å². The number of nitrogens with zero attached hydrogens (tertiary/aromatic N) is 4. The summed E-state index contributed by atoms with van der Waals surface area (Å²) in [6, 6.07) is 5.23. The van der Waals surface area contributed by atoms with Crippen molar-refractivity contribution >= 4 is 28.7 Å². The Hall–Kier alpha value is -1.31. The van der Waals surface area contributed by atoms with Gasteiger partial charge in [0.1, 0.15) is 17.3 Å². The zero-order chi connectivity index (χ0) is 9.42. The highest BCUT2D eigenvalue weighted by Crippen LogP contribution is 2.17. The highest BCUT2D eigenvalue weighted by atomic mass is 35.5. The van der Waals surface area contributed by atoms with Gasteiger partial charge in [0, 0.05) is 0 Å². The van der Waals surface area contributed by atoms with Gasteiger partial charge in [-0.25, -0.2) is 9.50 Å². The molecule has 0 amide bonds. The van der Waals surface area contributed by atoms with Crippen molar-refractivity contribution in [3.8, 4) is 6.07 Å². The van der Waals surface area contributed by atoms with Crippen molar-refractivity contribution < 1.29 is 0 Å². The highest BCUT2D eigenvalue weighted by molar-refractivity contribution is 6.34. The smallest absolute Gasteiger partial charge is 0.217 e. The first-order valence-corrected chi connectivity index (χ1v) is 4.09. The molecule has 0 aliphatic heterocycles. The lowest BCUT2D eigenvalue weighted by atomic mass is 10.5. The second-order valence-corrected chi connectivity index (χ2v) is 3.00. The van der Waals surface area contributed by atoms with Crippen LogP contribution in [0.15, 0.2) is 12.1 Å². The maximum atomic E-state index is 8.69. The monoisotopic (exact) mass is 212 g/mol. The summed E-state index contributed by atoms with van der Waals surface area (Å²) in [5.74, 6) is 0. The van der Waals surface area contributed by atoms with Crippen LogP contribution in [-0.2, 0) is 0 Å². The molecular weight excluding hydrogens is 211 g/mol. The van der Waals surface area contributed by atoms with Crippen molar-refractivity contribution in [2.45, 2.75) is 0 Å². The summed E-state index contributed by atoms with van der Waals surface area (Å²) in [5.41, 5.74) is 0.948. The molecule has 2 aromatic rings. The van der Waals surface area contributed by atoms with Crippen LogP contribution in [0.1, 0.15) is 5.69 Å². The van der Waals surface area contributed by atoms with E-state index in [1.165, 1.54) is 4.52 Å². The van der Waals surface area contributed by atoms with E-state index in [9.17, 15) is 0 Å². The molecule has 2 aromatic heterocycles. The third-order valence-electron chi connectivity index (χ3n) is 1.55. The van der Waals surface area contributed by atoms with Crippen LogP contribution in [0.2, 0.25) is 10.4 Å². The van der Waals surface area contributed by atoms with Crippen LogP contribution in [0.3, 0.4) is 0 Å². The molecule has 0 spiro atoms.